The summed E-state index contributed by atoms with van der Waals surface area (Å²) in [4.78, 5) is 21.8. The van der Waals surface area contributed by atoms with Crippen molar-refractivity contribution >= 4 is 17.4 Å². The molecular formula is C12H11FN4O3. The van der Waals surface area contributed by atoms with Crippen molar-refractivity contribution < 1.29 is 14.1 Å². The summed E-state index contributed by atoms with van der Waals surface area (Å²) in [5.74, 6) is -1.10. The Morgan fingerprint density at radius 3 is 2.90 bits per heavy atom. The number of benzene rings is 1. The fourth-order valence-corrected chi connectivity index (χ4v) is 1.68. The number of aryl methyl sites for hydroxylation is 1. The van der Waals surface area contributed by atoms with Crippen molar-refractivity contribution in [1.29, 1.82) is 0 Å². The molecule has 0 fully saturated rings. The summed E-state index contributed by atoms with van der Waals surface area (Å²) >= 11 is 0. The maximum Gasteiger partial charge on any atom is 0.273 e. The van der Waals surface area contributed by atoms with Gasteiger partial charge >= 0.3 is 0 Å². The molecule has 0 saturated heterocycles. The molecule has 0 saturated carbocycles. The Kier molecular flexibility index (Phi) is 3.74. The van der Waals surface area contributed by atoms with Crippen LogP contribution in [0.5, 0.6) is 0 Å². The van der Waals surface area contributed by atoms with Gasteiger partial charge in [0.05, 0.1) is 17.2 Å². The Labute approximate surface area is 113 Å². The number of nitrogens with one attached hydrogen (secondary N) is 2. The Balaban J connectivity index is 2.27. The minimum atomic E-state index is -0.843. The van der Waals surface area contributed by atoms with Crippen LogP contribution in [-0.4, -0.2) is 21.0 Å². The molecular weight excluding hydrogens is 267 g/mol. The first-order valence-corrected chi connectivity index (χ1v) is 5.80. The number of nitro groups is 1. The fourth-order valence-electron chi connectivity index (χ4n) is 1.68. The molecule has 0 aliphatic rings. The van der Waals surface area contributed by atoms with Crippen molar-refractivity contribution in [2.24, 2.45) is 0 Å². The smallest absolute Gasteiger partial charge is 0.273 e. The average Bonchev–Trinajstić information content (AvgIpc) is 2.85. The highest BCUT2D eigenvalue weighted by Crippen LogP contribution is 2.18. The van der Waals surface area contributed by atoms with Crippen molar-refractivity contribution in [2.75, 3.05) is 5.32 Å². The van der Waals surface area contributed by atoms with Gasteiger partial charge in [-0.2, -0.15) is 5.10 Å². The Bertz CT molecular complexity index is 668. The van der Waals surface area contributed by atoms with Gasteiger partial charge in [-0.05, 0) is 12.5 Å². The lowest BCUT2D eigenvalue weighted by molar-refractivity contribution is -0.385. The number of nitro benzene ring substituents is 1. The molecule has 0 atom stereocenters. The molecule has 0 bridgehead atoms. The van der Waals surface area contributed by atoms with Crippen LogP contribution in [0.25, 0.3) is 0 Å². The van der Waals surface area contributed by atoms with Crippen molar-refractivity contribution in [3.05, 3.63) is 51.5 Å². The molecule has 20 heavy (non-hydrogen) atoms. The Morgan fingerprint density at radius 2 is 2.25 bits per heavy atom. The van der Waals surface area contributed by atoms with E-state index in [9.17, 15) is 19.3 Å². The molecule has 1 heterocycles. The van der Waals surface area contributed by atoms with Gasteiger partial charge < -0.3 is 5.32 Å². The van der Waals surface area contributed by atoms with Gasteiger partial charge in [-0.25, -0.2) is 4.39 Å². The minimum Gasteiger partial charge on any atom is -0.307 e. The highest BCUT2D eigenvalue weighted by molar-refractivity contribution is 6.04. The Morgan fingerprint density at radius 1 is 1.50 bits per heavy atom. The normalized spacial score (nSPS) is 10.3. The topological polar surface area (TPSA) is 101 Å². The third-order valence-electron chi connectivity index (χ3n) is 2.69. The maximum atomic E-state index is 13.3. The second-order valence-corrected chi connectivity index (χ2v) is 4.03. The molecule has 0 spiro atoms. The molecule has 2 N–H and O–H groups in total. The molecule has 1 aromatic carbocycles. The number of amides is 1. The lowest BCUT2D eigenvalue weighted by Crippen LogP contribution is -2.14. The van der Waals surface area contributed by atoms with E-state index in [1.807, 2.05) is 6.92 Å². The summed E-state index contributed by atoms with van der Waals surface area (Å²) in [7, 11) is 0. The summed E-state index contributed by atoms with van der Waals surface area (Å²) in [6.07, 6.45) is 2.21. The number of nitrogens with zero attached hydrogens (tertiary/aromatic N) is 2. The number of anilines is 1. The van der Waals surface area contributed by atoms with Crippen LogP contribution in [0.2, 0.25) is 0 Å². The van der Waals surface area contributed by atoms with E-state index in [-0.39, 0.29) is 5.56 Å². The van der Waals surface area contributed by atoms with E-state index in [1.165, 1.54) is 0 Å². The van der Waals surface area contributed by atoms with Crippen molar-refractivity contribution in [3.8, 4) is 0 Å². The van der Waals surface area contributed by atoms with Gasteiger partial charge in [-0.15, -0.1) is 0 Å². The standard InChI is InChI=1S/C12H11FN4O3/c1-2-7-6-14-16-11(7)15-12(18)8-3-9(13)5-10(4-8)17(19)20/h3-6H,2H2,1H3,(H2,14,15,16,18). The number of rotatable bonds is 4. The quantitative estimate of drug-likeness (QED) is 0.661. The van der Waals surface area contributed by atoms with Crippen LogP contribution in [0, 0.1) is 15.9 Å². The number of halogens is 1. The maximum absolute atomic E-state index is 13.3. The highest BCUT2D eigenvalue weighted by Gasteiger charge is 2.16. The van der Waals surface area contributed by atoms with Crippen LogP contribution in [-0.2, 0) is 6.42 Å². The summed E-state index contributed by atoms with van der Waals surface area (Å²) in [5, 5.41) is 19.5. The third kappa shape index (κ3) is 2.79. The molecule has 2 aromatic rings. The van der Waals surface area contributed by atoms with Crippen LogP contribution in [0.4, 0.5) is 15.9 Å². The van der Waals surface area contributed by atoms with Crippen molar-refractivity contribution in [2.45, 2.75) is 13.3 Å². The number of carbonyl (C=O) groups is 1. The zero-order valence-corrected chi connectivity index (χ0v) is 10.5. The van der Waals surface area contributed by atoms with E-state index in [0.29, 0.717) is 12.2 Å². The summed E-state index contributed by atoms with van der Waals surface area (Å²) < 4.78 is 13.3. The number of aromatic amines is 1. The van der Waals surface area contributed by atoms with Gasteiger partial charge in [0.15, 0.2) is 0 Å². The van der Waals surface area contributed by atoms with Crippen LogP contribution in [0.3, 0.4) is 0 Å². The largest absolute Gasteiger partial charge is 0.307 e. The van der Waals surface area contributed by atoms with Gasteiger partial charge in [0.2, 0.25) is 0 Å². The highest BCUT2D eigenvalue weighted by atomic mass is 19.1. The monoisotopic (exact) mass is 278 g/mol. The van der Waals surface area contributed by atoms with E-state index < -0.39 is 22.3 Å². The van der Waals surface area contributed by atoms with E-state index in [1.54, 1.807) is 6.20 Å². The van der Waals surface area contributed by atoms with E-state index >= 15 is 0 Å². The first-order chi connectivity index (χ1) is 9.51. The van der Waals surface area contributed by atoms with Crippen LogP contribution in [0.1, 0.15) is 22.8 Å². The van der Waals surface area contributed by atoms with Crippen molar-refractivity contribution in [3.63, 3.8) is 0 Å². The lowest BCUT2D eigenvalue weighted by atomic mass is 10.1. The van der Waals surface area contributed by atoms with Gasteiger partial charge in [0.1, 0.15) is 11.6 Å². The fraction of sp³-hybridized carbons (Fsp3) is 0.167. The first kappa shape index (κ1) is 13.7. The predicted molar refractivity (Wildman–Crippen MR) is 69.0 cm³/mol. The summed E-state index contributed by atoms with van der Waals surface area (Å²) in [6.45, 7) is 1.88. The minimum absolute atomic E-state index is 0.131. The molecule has 104 valence electrons. The number of hydrogen-bond acceptors (Lipinski definition) is 4. The number of H-pyrrole nitrogens is 1. The van der Waals surface area contributed by atoms with E-state index in [0.717, 1.165) is 23.8 Å². The SMILES string of the molecule is CCc1cn[nH]c1NC(=O)c1cc(F)cc([N+](=O)[O-])c1. The zero-order valence-electron chi connectivity index (χ0n) is 10.5. The van der Waals surface area contributed by atoms with Crippen molar-refractivity contribution in [1.82, 2.24) is 10.2 Å². The summed E-state index contributed by atoms with van der Waals surface area (Å²) in [5.41, 5.74) is 0.174. The molecule has 0 radical (unpaired) electrons. The van der Waals surface area contributed by atoms with Gasteiger partial charge in [-0.1, -0.05) is 6.92 Å². The average molecular weight is 278 g/mol. The van der Waals surface area contributed by atoms with E-state index in [4.69, 9.17) is 0 Å². The number of non-ortho nitro benzene ring substituents is 1. The molecule has 7 nitrogen and oxygen atoms in total. The predicted octanol–water partition coefficient (Wildman–Crippen LogP) is 2.27. The molecule has 1 amide bonds. The van der Waals surface area contributed by atoms with Crippen LogP contribution >= 0.6 is 0 Å². The first-order valence-electron chi connectivity index (χ1n) is 5.80. The zero-order chi connectivity index (χ0) is 14.7. The van der Waals surface area contributed by atoms with E-state index in [2.05, 4.69) is 15.5 Å². The number of carbonyl (C=O) groups excluding carboxylic acids is 1. The number of aromatic nitrogens is 2. The second kappa shape index (κ2) is 5.47. The molecule has 0 aliphatic carbocycles. The van der Waals surface area contributed by atoms with Gasteiger partial charge in [0.25, 0.3) is 11.6 Å². The lowest BCUT2D eigenvalue weighted by Gasteiger charge is -2.05. The van der Waals surface area contributed by atoms with Crippen LogP contribution in [0.15, 0.2) is 24.4 Å². The van der Waals surface area contributed by atoms with Gasteiger partial charge in [-0.3, -0.25) is 20.0 Å². The molecule has 0 aliphatic heterocycles. The number of hydrogen-bond donors (Lipinski definition) is 2. The molecule has 0 unspecified atom stereocenters. The molecule has 2 rings (SSSR count). The second-order valence-electron chi connectivity index (χ2n) is 4.03. The summed E-state index contributed by atoms with van der Waals surface area (Å²) in [6, 6.07) is 2.70. The third-order valence-corrected chi connectivity index (χ3v) is 2.69. The molecule has 8 heteroatoms. The molecule has 1 aromatic heterocycles. The van der Waals surface area contributed by atoms with Crippen LogP contribution < -0.4 is 5.32 Å². The van der Waals surface area contributed by atoms with Gasteiger partial charge in [0, 0.05) is 17.2 Å². The Hall–Kier alpha value is -2.77.